The normalized spacial score (nSPS) is 35.1. The van der Waals surface area contributed by atoms with E-state index in [0.29, 0.717) is 25.7 Å². The fraction of sp³-hybridized carbons (Fsp3) is 0.500. The van der Waals surface area contributed by atoms with Crippen molar-refractivity contribution in [3.63, 3.8) is 0 Å². The van der Waals surface area contributed by atoms with Crippen molar-refractivity contribution in [1.82, 2.24) is 0 Å². The van der Waals surface area contributed by atoms with Gasteiger partial charge in [-0.1, -0.05) is 48.9 Å². The van der Waals surface area contributed by atoms with Gasteiger partial charge in [0.25, 0.3) is 0 Å². The molecule has 5 rings (SSSR count). The lowest BCUT2D eigenvalue weighted by molar-refractivity contribution is -0.209. The standard InChI is InChI=1S/C30H32F2O2/c1-5-30(31,32)29(34)15-14-26-24-12-10-21-16-22(33)11-13-23(21)27(24)25(17-28(26,29)4)20-8-6-19(7-9-20)18(2)3/h1,6-9,16,24-26,34H,2,10-15,17H2,3-4H3/t24?,25?,26?,28-,29-/m0/s1. The summed E-state index contributed by atoms with van der Waals surface area (Å²) in [7, 11) is 0. The van der Waals surface area contributed by atoms with Gasteiger partial charge in [-0.25, -0.2) is 0 Å². The number of alkyl halides is 2. The number of carbonyl (C=O) groups excluding carboxylic acids is 1. The molecule has 0 aromatic heterocycles. The molecule has 4 aliphatic carbocycles. The zero-order chi connectivity index (χ0) is 24.5. The molecule has 0 bridgehead atoms. The molecule has 3 unspecified atom stereocenters. The maximum Gasteiger partial charge on any atom is 0.336 e. The molecule has 0 amide bonds. The summed E-state index contributed by atoms with van der Waals surface area (Å²) in [6.07, 6.45) is 10.8. The van der Waals surface area contributed by atoms with Crippen molar-refractivity contribution in [2.45, 2.75) is 76.2 Å². The van der Waals surface area contributed by atoms with E-state index in [9.17, 15) is 9.90 Å². The van der Waals surface area contributed by atoms with E-state index in [1.807, 2.05) is 26.0 Å². The van der Waals surface area contributed by atoms with Crippen molar-refractivity contribution in [3.8, 4) is 12.3 Å². The van der Waals surface area contributed by atoms with E-state index in [1.54, 1.807) is 12.0 Å². The number of rotatable bonds is 3. The second-order valence-electron chi connectivity index (χ2n) is 11.0. The van der Waals surface area contributed by atoms with E-state index >= 15 is 8.78 Å². The van der Waals surface area contributed by atoms with Crippen molar-refractivity contribution in [3.05, 3.63) is 64.8 Å². The van der Waals surface area contributed by atoms with E-state index in [0.717, 1.165) is 35.1 Å². The summed E-state index contributed by atoms with van der Waals surface area (Å²) in [5.41, 5.74) is 3.52. The molecule has 2 saturated carbocycles. The van der Waals surface area contributed by atoms with Gasteiger partial charge >= 0.3 is 5.92 Å². The number of halogens is 2. The molecule has 1 N–H and O–H groups in total. The first kappa shape index (κ1) is 23.2. The number of hydrogen-bond acceptors (Lipinski definition) is 2. The zero-order valence-corrected chi connectivity index (χ0v) is 20.0. The van der Waals surface area contributed by atoms with Gasteiger partial charge in [-0.05, 0) is 91.6 Å². The molecule has 4 heteroatoms. The summed E-state index contributed by atoms with van der Waals surface area (Å²) in [5, 5.41) is 11.5. The third-order valence-electron chi connectivity index (χ3n) is 9.39. The minimum Gasteiger partial charge on any atom is -0.382 e. The summed E-state index contributed by atoms with van der Waals surface area (Å²) in [5.74, 6) is -1.86. The van der Waals surface area contributed by atoms with Crippen LogP contribution in [0.25, 0.3) is 5.57 Å². The van der Waals surface area contributed by atoms with Crippen molar-refractivity contribution < 1.29 is 18.7 Å². The van der Waals surface area contributed by atoms with Gasteiger partial charge < -0.3 is 5.11 Å². The summed E-state index contributed by atoms with van der Waals surface area (Å²) >= 11 is 0. The topological polar surface area (TPSA) is 37.3 Å². The molecular formula is C30H32F2O2. The highest BCUT2D eigenvalue weighted by molar-refractivity contribution is 5.93. The fourth-order valence-electron chi connectivity index (χ4n) is 7.60. The fourth-order valence-corrected chi connectivity index (χ4v) is 7.60. The molecule has 1 aromatic carbocycles. The van der Waals surface area contributed by atoms with Crippen LogP contribution in [0, 0.1) is 29.6 Å². The number of fused-ring (bicyclic) bond motifs is 4. The Balaban J connectivity index is 1.69. The van der Waals surface area contributed by atoms with Gasteiger partial charge in [0.15, 0.2) is 5.78 Å². The third kappa shape index (κ3) is 3.13. The number of terminal acetylenes is 1. The minimum absolute atomic E-state index is 0.00692. The Labute approximate surface area is 200 Å². The van der Waals surface area contributed by atoms with Gasteiger partial charge in [-0.2, -0.15) is 8.78 Å². The third-order valence-corrected chi connectivity index (χ3v) is 9.39. The van der Waals surface area contributed by atoms with Crippen molar-refractivity contribution in [2.75, 3.05) is 0 Å². The SMILES string of the molecule is C#CC(F)(F)[C@]1(O)CCC2C3CCC4=CC(=O)CCC4=C3C(c3ccc(C(=C)C)cc3)C[C@@]21C. The Hall–Kier alpha value is -2.51. The lowest BCUT2D eigenvalue weighted by Gasteiger charge is -2.55. The Kier molecular flexibility index (Phi) is 5.30. The van der Waals surface area contributed by atoms with Crippen LogP contribution in [-0.2, 0) is 4.79 Å². The molecule has 178 valence electrons. The summed E-state index contributed by atoms with van der Waals surface area (Å²) in [6.45, 7) is 7.81. The predicted molar refractivity (Wildman–Crippen MR) is 130 cm³/mol. The van der Waals surface area contributed by atoms with E-state index in [-0.39, 0.29) is 30.0 Å². The molecule has 5 atom stereocenters. The van der Waals surface area contributed by atoms with Crippen LogP contribution in [0.4, 0.5) is 8.78 Å². The first-order valence-corrected chi connectivity index (χ1v) is 12.3. The summed E-state index contributed by atoms with van der Waals surface area (Å²) in [6, 6.07) is 8.21. The Bertz CT molecular complexity index is 1170. The molecule has 0 aliphatic heterocycles. The maximum absolute atomic E-state index is 15.1. The van der Waals surface area contributed by atoms with Crippen molar-refractivity contribution in [1.29, 1.82) is 0 Å². The van der Waals surface area contributed by atoms with Crippen LogP contribution in [0.15, 0.2) is 53.6 Å². The second-order valence-corrected chi connectivity index (χ2v) is 11.0. The summed E-state index contributed by atoms with van der Waals surface area (Å²) in [4.78, 5) is 12.2. The van der Waals surface area contributed by atoms with Gasteiger partial charge in [0.1, 0.15) is 5.60 Å². The molecule has 0 radical (unpaired) electrons. The molecule has 0 saturated heterocycles. The number of ketones is 1. The average Bonchev–Trinajstić information content (AvgIpc) is 3.10. The number of hydrogen-bond donors (Lipinski definition) is 1. The van der Waals surface area contributed by atoms with Crippen LogP contribution >= 0.6 is 0 Å². The van der Waals surface area contributed by atoms with Crippen LogP contribution in [-0.4, -0.2) is 22.4 Å². The van der Waals surface area contributed by atoms with E-state index in [4.69, 9.17) is 6.42 Å². The number of allylic oxidation sites excluding steroid dienone is 5. The quantitative estimate of drug-likeness (QED) is 0.513. The number of benzene rings is 1. The first-order chi connectivity index (χ1) is 16.0. The van der Waals surface area contributed by atoms with E-state index < -0.39 is 16.9 Å². The highest BCUT2D eigenvalue weighted by atomic mass is 19.3. The maximum atomic E-state index is 15.1. The average molecular weight is 463 g/mol. The van der Waals surface area contributed by atoms with Crippen LogP contribution in [0.2, 0.25) is 0 Å². The highest BCUT2D eigenvalue weighted by Gasteiger charge is 2.71. The Morgan fingerprint density at radius 2 is 1.91 bits per heavy atom. The van der Waals surface area contributed by atoms with Gasteiger partial charge in [0.2, 0.25) is 0 Å². The second kappa shape index (κ2) is 7.75. The van der Waals surface area contributed by atoms with Crippen LogP contribution in [0.1, 0.15) is 75.8 Å². The lowest BCUT2D eigenvalue weighted by atomic mass is 9.50. The largest absolute Gasteiger partial charge is 0.382 e. The molecular weight excluding hydrogens is 430 g/mol. The molecule has 2 nitrogen and oxygen atoms in total. The zero-order valence-electron chi connectivity index (χ0n) is 20.0. The lowest BCUT2D eigenvalue weighted by Crippen LogP contribution is -2.60. The molecule has 0 heterocycles. The number of aliphatic hydroxyl groups is 1. The van der Waals surface area contributed by atoms with Crippen molar-refractivity contribution >= 4 is 11.4 Å². The van der Waals surface area contributed by atoms with Crippen LogP contribution < -0.4 is 0 Å². The van der Waals surface area contributed by atoms with Crippen LogP contribution in [0.3, 0.4) is 0 Å². The highest BCUT2D eigenvalue weighted by Crippen LogP contribution is 2.69. The predicted octanol–water partition coefficient (Wildman–Crippen LogP) is 6.62. The smallest absolute Gasteiger partial charge is 0.336 e. The molecule has 0 spiro atoms. The monoisotopic (exact) mass is 462 g/mol. The van der Waals surface area contributed by atoms with E-state index in [1.165, 1.54) is 11.1 Å². The van der Waals surface area contributed by atoms with Gasteiger partial charge in [0, 0.05) is 17.8 Å². The molecule has 2 fully saturated rings. The Morgan fingerprint density at radius 1 is 1.21 bits per heavy atom. The number of carbonyl (C=O) groups is 1. The first-order valence-electron chi connectivity index (χ1n) is 12.3. The van der Waals surface area contributed by atoms with Crippen molar-refractivity contribution in [2.24, 2.45) is 17.3 Å². The molecule has 4 aliphatic rings. The Morgan fingerprint density at radius 3 is 2.56 bits per heavy atom. The van der Waals surface area contributed by atoms with E-state index in [2.05, 4.69) is 18.7 Å². The minimum atomic E-state index is -3.59. The van der Waals surface area contributed by atoms with Gasteiger partial charge in [-0.15, -0.1) is 6.42 Å². The molecule has 1 aromatic rings. The summed E-state index contributed by atoms with van der Waals surface area (Å²) < 4.78 is 30.2. The van der Waals surface area contributed by atoms with Gasteiger partial charge in [-0.3, -0.25) is 4.79 Å². The molecule has 34 heavy (non-hydrogen) atoms. The van der Waals surface area contributed by atoms with Crippen LogP contribution in [0.5, 0.6) is 0 Å². The van der Waals surface area contributed by atoms with Gasteiger partial charge in [0.05, 0.1) is 0 Å².